The van der Waals surface area contributed by atoms with Gasteiger partial charge in [0.05, 0.1) is 25.9 Å². The van der Waals surface area contributed by atoms with Crippen LogP contribution in [0.2, 0.25) is 0 Å². The lowest BCUT2D eigenvalue weighted by Gasteiger charge is -2.28. The highest BCUT2D eigenvalue weighted by Gasteiger charge is 2.19. The van der Waals surface area contributed by atoms with E-state index in [1.165, 1.54) is 5.57 Å². The average Bonchev–Trinajstić information content (AvgIpc) is 2.30. The smallest absolute Gasteiger partial charge is 0.157 e. The van der Waals surface area contributed by atoms with Crippen LogP contribution in [-0.4, -0.2) is 32.2 Å². The molecule has 1 unspecified atom stereocenters. The SMILES string of the molecule is CC1COC(CCC2=CCC(C)OC2)OC1. The van der Waals surface area contributed by atoms with Gasteiger partial charge in [0.25, 0.3) is 0 Å². The summed E-state index contributed by atoms with van der Waals surface area (Å²) in [6.07, 6.45) is 5.71. The van der Waals surface area contributed by atoms with Crippen molar-refractivity contribution in [2.45, 2.75) is 45.5 Å². The Labute approximate surface area is 97.8 Å². The van der Waals surface area contributed by atoms with E-state index in [0.29, 0.717) is 12.0 Å². The molecule has 3 heteroatoms. The Bertz CT molecular complexity index is 242. The highest BCUT2D eigenvalue weighted by atomic mass is 16.7. The molecule has 0 spiro atoms. The minimum Gasteiger partial charge on any atom is -0.374 e. The summed E-state index contributed by atoms with van der Waals surface area (Å²) in [5.74, 6) is 0.536. The van der Waals surface area contributed by atoms with Crippen molar-refractivity contribution in [3.05, 3.63) is 11.6 Å². The third-order valence-corrected chi connectivity index (χ3v) is 3.13. The number of hydrogen-bond donors (Lipinski definition) is 0. The number of ether oxygens (including phenoxy) is 3. The van der Waals surface area contributed by atoms with Crippen LogP contribution in [0, 0.1) is 5.92 Å². The topological polar surface area (TPSA) is 27.7 Å². The molecular weight excluding hydrogens is 204 g/mol. The van der Waals surface area contributed by atoms with E-state index in [4.69, 9.17) is 14.2 Å². The lowest BCUT2D eigenvalue weighted by molar-refractivity contribution is -0.199. The van der Waals surface area contributed by atoms with Gasteiger partial charge in [-0.3, -0.25) is 0 Å². The fraction of sp³-hybridized carbons (Fsp3) is 0.846. The fourth-order valence-electron chi connectivity index (χ4n) is 1.99. The molecule has 0 bridgehead atoms. The summed E-state index contributed by atoms with van der Waals surface area (Å²) in [6.45, 7) is 6.70. The Hall–Kier alpha value is -0.380. The van der Waals surface area contributed by atoms with Crippen LogP contribution in [0.1, 0.15) is 33.1 Å². The summed E-state index contributed by atoms with van der Waals surface area (Å²) < 4.78 is 16.8. The van der Waals surface area contributed by atoms with E-state index in [1.54, 1.807) is 0 Å². The van der Waals surface area contributed by atoms with Gasteiger partial charge in [-0.05, 0) is 25.3 Å². The zero-order chi connectivity index (χ0) is 11.4. The van der Waals surface area contributed by atoms with E-state index in [0.717, 1.165) is 39.1 Å². The first-order chi connectivity index (χ1) is 7.74. The summed E-state index contributed by atoms with van der Waals surface area (Å²) in [5.41, 5.74) is 1.39. The molecule has 0 aromatic heterocycles. The second-order valence-corrected chi connectivity index (χ2v) is 4.96. The summed E-state index contributed by atoms with van der Waals surface area (Å²) in [7, 11) is 0. The molecule has 0 N–H and O–H groups in total. The van der Waals surface area contributed by atoms with E-state index in [9.17, 15) is 0 Å². The van der Waals surface area contributed by atoms with Gasteiger partial charge in [-0.25, -0.2) is 0 Å². The van der Waals surface area contributed by atoms with Gasteiger partial charge in [-0.2, -0.15) is 0 Å². The van der Waals surface area contributed by atoms with Gasteiger partial charge in [-0.15, -0.1) is 0 Å². The first-order valence-corrected chi connectivity index (χ1v) is 6.26. The largest absolute Gasteiger partial charge is 0.374 e. The maximum atomic E-state index is 5.61. The Morgan fingerprint density at radius 2 is 1.94 bits per heavy atom. The average molecular weight is 226 g/mol. The molecule has 2 rings (SSSR count). The van der Waals surface area contributed by atoms with E-state index >= 15 is 0 Å². The van der Waals surface area contributed by atoms with Gasteiger partial charge in [0.1, 0.15) is 0 Å². The summed E-state index contributed by atoms with van der Waals surface area (Å²) in [4.78, 5) is 0. The molecule has 2 heterocycles. The molecule has 3 nitrogen and oxygen atoms in total. The Morgan fingerprint density at radius 1 is 1.19 bits per heavy atom. The fourth-order valence-corrected chi connectivity index (χ4v) is 1.99. The third-order valence-electron chi connectivity index (χ3n) is 3.13. The minimum absolute atomic E-state index is 0.00329. The van der Waals surface area contributed by atoms with Crippen LogP contribution >= 0.6 is 0 Å². The van der Waals surface area contributed by atoms with E-state index in [1.807, 2.05) is 0 Å². The van der Waals surface area contributed by atoms with Crippen LogP contribution < -0.4 is 0 Å². The molecule has 16 heavy (non-hydrogen) atoms. The number of hydrogen-bond acceptors (Lipinski definition) is 3. The van der Waals surface area contributed by atoms with Crippen molar-refractivity contribution in [3.63, 3.8) is 0 Å². The van der Waals surface area contributed by atoms with Crippen molar-refractivity contribution in [1.29, 1.82) is 0 Å². The van der Waals surface area contributed by atoms with Crippen LogP contribution in [0.5, 0.6) is 0 Å². The second kappa shape index (κ2) is 5.80. The zero-order valence-corrected chi connectivity index (χ0v) is 10.3. The van der Waals surface area contributed by atoms with Crippen molar-refractivity contribution < 1.29 is 14.2 Å². The quantitative estimate of drug-likeness (QED) is 0.692. The Kier molecular flexibility index (Phi) is 4.38. The zero-order valence-electron chi connectivity index (χ0n) is 10.3. The molecule has 0 aliphatic carbocycles. The predicted octanol–water partition coefficient (Wildman–Crippen LogP) is 2.51. The molecule has 1 fully saturated rings. The van der Waals surface area contributed by atoms with Gasteiger partial charge in [0, 0.05) is 12.3 Å². The molecule has 92 valence electrons. The standard InChI is InChI=1S/C13H22O3/c1-10-7-15-13(16-8-10)6-5-12-4-3-11(2)14-9-12/h4,10-11,13H,3,5-9H2,1-2H3. The molecule has 0 amide bonds. The summed E-state index contributed by atoms with van der Waals surface area (Å²) in [5, 5.41) is 0. The number of rotatable bonds is 3. The van der Waals surface area contributed by atoms with Gasteiger partial charge in [0.2, 0.25) is 0 Å². The van der Waals surface area contributed by atoms with Crippen LogP contribution in [0.4, 0.5) is 0 Å². The molecule has 0 saturated carbocycles. The predicted molar refractivity (Wildman–Crippen MR) is 62.2 cm³/mol. The van der Waals surface area contributed by atoms with E-state index in [-0.39, 0.29) is 6.29 Å². The molecule has 1 atom stereocenters. The second-order valence-electron chi connectivity index (χ2n) is 4.96. The molecule has 1 saturated heterocycles. The van der Waals surface area contributed by atoms with Gasteiger partial charge in [-0.1, -0.05) is 13.0 Å². The summed E-state index contributed by atoms with van der Waals surface area (Å²) in [6, 6.07) is 0. The molecular formula is C13H22O3. The molecule has 2 aliphatic heterocycles. The van der Waals surface area contributed by atoms with Crippen molar-refractivity contribution >= 4 is 0 Å². The Balaban J connectivity index is 1.67. The van der Waals surface area contributed by atoms with Crippen LogP contribution in [-0.2, 0) is 14.2 Å². The van der Waals surface area contributed by atoms with Crippen LogP contribution in [0.15, 0.2) is 11.6 Å². The van der Waals surface area contributed by atoms with Crippen molar-refractivity contribution in [2.75, 3.05) is 19.8 Å². The first kappa shape index (κ1) is 12.1. The monoisotopic (exact) mass is 226 g/mol. The van der Waals surface area contributed by atoms with Gasteiger partial charge < -0.3 is 14.2 Å². The Morgan fingerprint density at radius 3 is 2.56 bits per heavy atom. The van der Waals surface area contributed by atoms with Crippen LogP contribution in [0.25, 0.3) is 0 Å². The highest BCUT2D eigenvalue weighted by molar-refractivity contribution is 5.05. The van der Waals surface area contributed by atoms with Crippen LogP contribution in [0.3, 0.4) is 0 Å². The molecule has 2 aliphatic rings. The van der Waals surface area contributed by atoms with E-state index in [2.05, 4.69) is 19.9 Å². The maximum absolute atomic E-state index is 5.61. The molecule has 0 aromatic rings. The summed E-state index contributed by atoms with van der Waals surface area (Å²) >= 11 is 0. The normalized spacial score (nSPS) is 35.9. The van der Waals surface area contributed by atoms with Crippen molar-refractivity contribution in [1.82, 2.24) is 0 Å². The third kappa shape index (κ3) is 3.58. The first-order valence-electron chi connectivity index (χ1n) is 6.26. The van der Waals surface area contributed by atoms with Crippen molar-refractivity contribution in [2.24, 2.45) is 5.92 Å². The minimum atomic E-state index is -0.00329. The molecule has 0 radical (unpaired) electrons. The maximum Gasteiger partial charge on any atom is 0.157 e. The lowest BCUT2D eigenvalue weighted by atomic mass is 10.1. The van der Waals surface area contributed by atoms with Crippen molar-refractivity contribution in [3.8, 4) is 0 Å². The molecule has 0 aromatic carbocycles. The van der Waals surface area contributed by atoms with Gasteiger partial charge in [0.15, 0.2) is 6.29 Å². The van der Waals surface area contributed by atoms with Gasteiger partial charge >= 0.3 is 0 Å². The lowest BCUT2D eigenvalue weighted by Crippen LogP contribution is -2.30. The van der Waals surface area contributed by atoms with E-state index < -0.39 is 0 Å². The highest BCUT2D eigenvalue weighted by Crippen LogP contribution is 2.20.